The van der Waals surface area contributed by atoms with Crippen molar-refractivity contribution in [2.75, 3.05) is 24.6 Å². The molecule has 1 aromatic carbocycles. The zero-order chi connectivity index (χ0) is 17.4. The Balaban J connectivity index is 0.00000196. The van der Waals surface area contributed by atoms with Gasteiger partial charge in [0.15, 0.2) is 15.8 Å². The molecule has 0 aromatic heterocycles. The first-order valence-electron chi connectivity index (χ1n) is 9.02. The van der Waals surface area contributed by atoms with Crippen LogP contribution in [0.15, 0.2) is 23.2 Å². The fourth-order valence-corrected chi connectivity index (χ4v) is 5.43. The van der Waals surface area contributed by atoms with Gasteiger partial charge in [0.2, 0.25) is 0 Å². The second kappa shape index (κ2) is 8.00. The minimum atomic E-state index is -2.87. The van der Waals surface area contributed by atoms with E-state index in [2.05, 4.69) is 10.2 Å². The molecule has 1 atom stereocenters. The molecule has 0 spiro atoms. The van der Waals surface area contributed by atoms with E-state index in [0.29, 0.717) is 25.6 Å². The topological polar surface area (TPSA) is 61.8 Å². The van der Waals surface area contributed by atoms with Crippen LogP contribution in [-0.2, 0) is 22.8 Å². The lowest BCUT2D eigenvalue weighted by molar-refractivity contribution is 0.374. The van der Waals surface area contributed by atoms with Crippen molar-refractivity contribution >= 4 is 39.8 Å². The molecule has 1 saturated heterocycles. The Morgan fingerprint density at radius 3 is 2.77 bits per heavy atom. The minimum Gasteiger partial charge on any atom is -0.353 e. The quantitative estimate of drug-likeness (QED) is 0.399. The maximum absolute atomic E-state index is 13.5. The highest BCUT2D eigenvalue weighted by atomic mass is 127. The van der Waals surface area contributed by atoms with Crippen molar-refractivity contribution < 1.29 is 12.8 Å². The average Bonchev–Trinajstić information content (AvgIpc) is 3.33. The largest absolute Gasteiger partial charge is 0.353 e. The number of guanidine groups is 1. The standard InChI is InChI=1S/C18H24FN3O2S.HI/c19-16-2-1-14-5-7-22(11-15(14)9-16)18(21-17-3-4-17)20-10-13-6-8-25(23,24)12-13;/h1-2,9,13,17H,3-8,10-12H2,(H,20,21);1H. The SMILES string of the molecule is I.O=S1(=O)CCC(CN=C(NC2CC2)N2CCc3ccc(F)cc3C2)C1. The highest BCUT2D eigenvalue weighted by molar-refractivity contribution is 14.0. The first kappa shape index (κ1) is 19.9. The summed E-state index contributed by atoms with van der Waals surface area (Å²) in [5.74, 6) is 1.30. The summed E-state index contributed by atoms with van der Waals surface area (Å²) in [7, 11) is -2.87. The Kier molecular flexibility index (Phi) is 6.11. The van der Waals surface area contributed by atoms with Gasteiger partial charge in [-0.15, -0.1) is 24.0 Å². The van der Waals surface area contributed by atoms with Crippen LogP contribution in [0.4, 0.5) is 4.39 Å². The van der Waals surface area contributed by atoms with Crippen LogP contribution in [0.25, 0.3) is 0 Å². The number of benzene rings is 1. The third-order valence-electron chi connectivity index (χ3n) is 5.22. The van der Waals surface area contributed by atoms with Gasteiger partial charge in [0.05, 0.1) is 11.5 Å². The molecule has 0 amide bonds. The first-order valence-corrected chi connectivity index (χ1v) is 10.8. The highest BCUT2D eigenvalue weighted by Crippen LogP contribution is 2.24. The normalized spacial score (nSPS) is 24.7. The van der Waals surface area contributed by atoms with Crippen molar-refractivity contribution in [1.29, 1.82) is 0 Å². The first-order chi connectivity index (χ1) is 12.0. The van der Waals surface area contributed by atoms with Gasteiger partial charge in [0.1, 0.15) is 5.82 Å². The number of halogens is 2. The second-order valence-electron chi connectivity index (χ2n) is 7.44. The maximum Gasteiger partial charge on any atom is 0.194 e. The third-order valence-corrected chi connectivity index (χ3v) is 7.05. The summed E-state index contributed by atoms with van der Waals surface area (Å²) in [6.45, 7) is 2.04. The number of nitrogens with one attached hydrogen (secondary N) is 1. The number of sulfone groups is 1. The summed E-state index contributed by atoms with van der Waals surface area (Å²) in [6.07, 6.45) is 3.88. The van der Waals surface area contributed by atoms with Crippen LogP contribution in [-0.4, -0.2) is 49.9 Å². The number of hydrogen-bond acceptors (Lipinski definition) is 3. The van der Waals surface area contributed by atoms with Gasteiger partial charge in [0.25, 0.3) is 0 Å². The summed E-state index contributed by atoms with van der Waals surface area (Å²) in [6, 6.07) is 5.47. The van der Waals surface area contributed by atoms with E-state index in [-0.39, 0.29) is 47.2 Å². The Morgan fingerprint density at radius 1 is 1.27 bits per heavy atom. The van der Waals surface area contributed by atoms with Crippen molar-refractivity contribution in [2.24, 2.45) is 10.9 Å². The number of hydrogen-bond donors (Lipinski definition) is 1. The van der Waals surface area contributed by atoms with E-state index in [1.54, 1.807) is 6.07 Å². The molecule has 4 rings (SSSR count). The van der Waals surface area contributed by atoms with Crippen LogP contribution in [0.1, 0.15) is 30.4 Å². The van der Waals surface area contributed by atoms with E-state index < -0.39 is 9.84 Å². The smallest absolute Gasteiger partial charge is 0.194 e. The Morgan fingerprint density at radius 2 is 2.08 bits per heavy atom. The lowest BCUT2D eigenvalue weighted by Crippen LogP contribution is -2.45. The molecule has 0 bridgehead atoms. The molecule has 144 valence electrons. The van der Waals surface area contributed by atoms with Crippen LogP contribution in [0.5, 0.6) is 0 Å². The van der Waals surface area contributed by atoms with E-state index >= 15 is 0 Å². The van der Waals surface area contributed by atoms with Crippen molar-refractivity contribution in [1.82, 2.24) is 10.2 Å². The predicted molar refractivity (Wildman–Crippen MR) is 111 cm³/mol. The zero-order valence-electron chi connectivity index (χ0n) is 14.7. The molecule has 1 saturated carbocycles. The summed E-state index contributed by atoms with van der Waals surface area (Å²) >= 11 is 0. The van der Waals surface area contributed by atoms with E-state index in [4.69, 9.17) is 4.99 Å². The highest BCUT2D eigenvalue weighted by Gasteiger charge is 2.30. The van der Waals surface area contributed by atoms with Gasteiger partial charge in [-0.1, -0.05) is 6.07 Å². The molecule has 3 aliphatic rings. The van der Waals surface area contributed by atoms with E-state index in [1.165, 1.54) is 11.6 Å². The molecule has 26 heavy (non-hydrogen) atoms. The third kappa shape index (κ3) is 4.88. The van der Waals surface area contributed by atoms with Gasteiger partial charge in [-0.25, -0.2) is 12.8 Å². The lowest BCUT2D eigenvalue weighted by Gasteiger charge is -2.32. The van der Waals surface area contributed by atoms with Gasteiger partial charge in [-0.3, -0.25) is 4.99 Å². The molecule has 1 unspecified atom stereocenters. The molecule has 2 heterocycles. The molecule has 0 radical (unpaired) electrons. The number of nitrogens with zero attached hydrogens (tertiary/aromatic N) is 2. The fraction of sp³-hybridized carbons (Fsp3) is 0.611. The molecule has 1 N–H and O–H groups in total. The monoisotopic (exact) mass is 493 g/mol. The molecular weight excluding hydrogens is 468 g/mol. The van der Waals surface area contributed by atoms with Crippen molar-refractivity contribution in [2.45, 2.75) is 38.3 Å². The van der Waals surface area contributed by atoms with E-state index in [0.717, 1.165) is 37.3 Å². The van der Waals surface area contributed by atoms with Crippen LogP contribution >= 0.6 is 24.0 Å². The van der Waals surface area contributed by atoms with Crippen molar-refractivity contribution in [3.05, 3.63) is 35.1 Å². The molecule has 1 aromatic rings. The summed E-state index contributed by atoms with van der Waals surface area (Å²) in [5.41, 5.74) is 2.21. The number of aliphatic imine (C=N–C) groups is 1. The Labute approximate surface area is 171 Å². The summed E-state index contributed by atoms with van der Waals surface area (Å²) < 4.78 is 36.8. The lowest BCUT2D eigenvalue weighted by atomic mass is 10.00. The van der Waals surface area contributed by atoms with Gasteiger partial charge in [-0.2, -0.15) is 0 Å². The molecule has 5 nitrogen and oxygen atoms in total. The van der Waals surface area contributed by atoms with Crippen molar-refractivity contribution in [3.8, 4) is 0 Å². The molecule has 1 aliphatic carbocycles. The Hall–Kier alpha value is -0.900. The Bertz CT molecular complexity index is 796. The van der Waals surface area contributed by atoms with E-state index in [1.807, 2.05) is 6.07 Å². The average molecular weight is 493 g/mol. The van der Waals surface area contributed by atoms with Gasteiger partial charge in [0, 0.05) is 25.7 Å². The minimum absolute atomic E-state index is 0. The van der Waals surface area contributed by atoms with Crippen LogP contribution in [0, 0.1) is 11.7 Å². The van der Waals surface area contributed by atoms with E-state index in [9.17, 15) is 12.8 Å². The summed E-state index contributed by atoms with van der Waals surface area (Å²) in [5, 5.41) is 3.48. The molecule has 8 heteroatoms. The fourth-order valence-electron chi connectivity index (χ4n) is 3.59. The van der Waals surface area contributed by atoms with Gasteiger partial charge >= 0.3 is 0 Å². The van der Waals surface area contributed by atoms with Crippen molar-refractivity contribution in [3.63, 3.8) is 0 Å². The number of rotatable bonds is 3. The maximum atomic E-state index is 13.5. The number of fused-ring (bicyclic) bond motifs is 1. The zero-order valence-corrected chi connectivity index (χ0v) is 17.8. The van der Waals surface area contributed by atoms with Crippen LogP contribution in [0.3, 0.4) is 0 Å². The van der Waals surface area contributed by atoms with Crippen LogP contribution in [0.2, 0.25) is 0 Å². The molecule has 2 fully saturated rings. The molecule has 2 aliphatic heterocycles. The summed E-state index contributed by atoms with van der Waals surface area (Å²) in [4.78, 5) is 6.91. The second-order valence-corrected chi connectivity index (χ2v) is 9.67. The van der Waals surface area contributed by atoms with Gasteiger partial charge in [-0.05, 0) is 54.9 Å². The molecular formula is C18H25FIN3O2S. The van der Waals surface area contributed by atoms with Gasteiger partial charge < -0.3 is 10.2 Å². The predicted octanol–water partition coefficient (Wildman–Crippen LogP) is 2.34. The van der Waals surface area contributed by atoms with Crippen LogP contribution < -0.4 is 5.32 Å².